The summed E-state index contributed by atoms with van der Waals surface area (Å²) in [4.78, 5) is 0. The summed E-state index contributed by atoms with van der Waals surface area (Å²) in [7, 11) is -0.416. The Kier molecular flexibility index (Phi) is 4.86. The van der Waals surface area contributed by atoms with Gasteiger partial charge in [-0.2, -0.15) is 0 Å². The number of hydrogen-bond donors (Lipinski definition) is 2. The first-order valence-electron chi connectivity index (χ1n) is 6.76. The van der Waals surface area contributed by atoms with Crippen molar-refractivity contribution < 1.29 is 5.02 Å². The van der Waals surface area contributed by atoms with E-state index in [0.717, 1.165) is 24.9 Å². The molecule has 1 aliphatic carbocycles. The fraction of sp³-hybridized carbons (Fsp3) is 0.467. The molecular formula is C15H20BNO. The van der Waals surface area contributed by atoms with Crippen LogP contribution in [0.1, 0.15) is 30.4 Å². The van der Waals surface area contributed by atoms with E-state index in [9.17, 15) is 0 Å². The highest BCUT2D eigenvalue weighted by molar-refractivity contribution is 6.45. The molecule has 0 unspecified atom stereocenters. The van der Waals surface area contributed by atoms with Gasteiger partial charge in [-0.3, -0.25) is 0 Å². The van der Waals surface area contributed by atoms with Gasteiger partial charge in [0.2, 0.25) is 0 Å². The molecule has 0 bridgehead atoms. The Bertz CT molecular complexity index is 443. The second-order valence-corrected chi connectivity index (χ2v) is 4.98. The topological polar surface area (TPSA) is 32.3 Å². The summed E-state index contributed by atoms with van der Waals surface area (Å²) in [6.07, 6.45) is 4.61. The zero-order valence-corrected chi connectivity index (χ0v) is 10.9. The molecule has 2 rings (SSSR count). The predicted octanol–water partition coefficient (Wildman–Crippen LogP) is 2.08. The molecule has 0 amide bonds. The van der Waals surface area contributed by atoms with Crippen molar-refractivity contribution in [3.63, 3.8) is 0 Å². The van der Waals surface area contributed by atoms with Crippen LogP contribution < -0.4 is 5.23 Å². The highest BCUT2D eigenvalue weighted by Crippen LogP contribution is 2.27. The number of aryl methyl sites for hydroxylation is 1. The maximum Gasteiger partial charge on any atom is 0.373 e. The molecule has 0 atom stereocenters. The van der Waals surface area contributed by atoms with E-state index < -0.39 is 7.05 Å². The molecule has 0 saturated heterocycles. The molecule has 2 nitrogen and oxygen atoms in total. The molecular weight excluding hydrogens is 221 g/mol. The Balaban J connectivity index is 1.81. The summed E-state index contributed by atoms with van der Waals surface area (Å²) in [6, 6.07) is 8.48. The van der Waals surface area contributed by atoms with Crippen LogP contribution in [-0.2, 0) is 6.42 Å². The van der Waals surface area contributed by atoms with Crippen LogP contribution >= 0.6 is 0 Å². The largest absolute Gasteiger partial charge is 0.437 e. The molecule has 1 aromatic carbocycles. The molecule has 0 heterocycles. The zero-order valence-electron chi connectivity index (χ0n) is 10.9. The third-order valence-corrected chi connectivity index (χ3v) is 3.01. The van der Waals surface area contributed by atoms with Crippen LogP contribution in [0.3, 0.4) is 0 Å². The van der Waals surface area contributed by atoms with Crippen LogP contribution in [0.5, 0.6) is 0 Å². The second-order valence-electron chi connectivity index (χ2n) is 4.98. The molecule has 2 N–H and O–H groups in total. The van der Waals surface area contributed by atoms with Crippen molar-refractivity contribution in [3.8, 4) is 11.8 Å². The summed E-state index contributed by atoms with van der Waals surface area (Å²) in [6.45, 7) is 2.59. The predicted molar refractivity (Wildman–Crippen MR) is 76.2 cm³/mol. The van der Waals surface area contributed by atoms with Gasteiger partial charge < -0.3 is 10.3 Å². The Morgan fingerprint density at radius 2 is 2.28 bits per heavy atom. The highest BCUT2D eigenvalue weighted by atomic mass is 16.2. The average molecular weight is 241 g/mol. The lowest BCUT2D eigenvalue weighted by molar-refractivity contribution is 0.551. The van der Waals surface area contributed by atoms with Crippen LogP contribution in [0.15, 0.2) is 24.3 Å². The van der Waals surface area contributed by atoms with E-state index in [0.29, 0.717) is 5.92 Å². The van der Waals surface area contributed by atoms with Gasteiger partial charge in [-0.15, -0.1) is 0 Å². The van der Waals surface area contributed by atoms with Gasteiger partial charge in [0.1, 0.15) is 0 Å². The van der Waals surface area contributed by atoms with Gasteiger partial charge in [0.15, 0.2) is 0 Å². The summed E-state index contributed by atoms with van der Waals surface area (Å²) in [5.41, 5.74) is 2.45. The van der Waals surface area contributed by atoms with E-state index in [1.807, 2.05) is 0 Å². The first-order chi connectivity index (χ1) is 8.74. The molecule has 18 heavy (non-hydrogen) atoms. The van der Waals surface area contributed by atoms with Gasteiger partial charge in [0.05, 0.1) is 0 Å². The van der Waals surface area contributed by atoms with Crippen molar-refractivity contribution in [2.75, 3.05) is 6.54 Å². The molecule has 0 aromatic heterocycles. The molecule has 0 spiro atoms. The van der Waals surface area contributed by atoms with Crippen molar-refractivity contribution >= 4 is 7.05 Å². The fourth-order valence-corrected chi connectivity index (χ4v) is 1.82. The van der Waals surface area contributed by atoms with E-state index in [1.165, 1.54) is 18.4 Å². The Morgan fingerprint density at radius 1 is 1.44 bits per heavy atom. The monoisotopic (exact) mass is 241 g/mol. The van der Waals surface area contributed by atoms with E-state index in [2.05, 4.69) is 41.3 Å². The van der Waals surface area contributed by atoms with Gasteiger partial charge in [0, 0.05) is 11.5 Å². The van der Waals surface area contributed by atoms with Crippen molar-refractivity contribution in [2.24, 2.45) is 5.92 Å². The third-order valence-electron chi connectivity index (χ3n) is 3.01. The zero-order chi connectivity index (χ0) is 12.8. The van der Waals surface area contributed by atoms with E-state index >= 15 is 0 Å². The van der Waals surface area contributed by atoms with Gasteiger partial charge in [-0.25, -0.2) is 0 Å². The van der Waals surface area contributed by atoms with Crippen molar-refractivity contribution in [2.45, 2.75) is 32.5 Å². The van der Waals surface area contributed by atoms with Gasteiger partial charge in [-0.05, 0) is 56.7 Å². The second kappa shape index (κ2) is 6.63. The van der Waals surface area contributed by atoms with Gasteiger partial charge in [0.25, 0.3) is 0 Å². The SMILES string of the molecule is CB(O)NCCCc1cccc(C#CC2CC2)c1. The first-order valence-corrected chi connectivity index (χ1v) is 6.76. The third kappa shape index (κ3) is 4.95. The van der Waals surface area contributed by atoms with Crippen LogP contribution in [0, 0.1) is 17.8 Å². The Labute approximate surface area is 110 Å². The van der Waals surface area contributed by atoms with E-state index in [1.54, 1.807) is 6.82 Å². The lowest BCUT2D eigenvalue weighted by Gasteiger charge is -2.04. The molecule has 0 aliphatic heterocycles. The normalized spacial score (nSPS) is 13.9. The first kappa shape index (κ1) is 13.2. The molecule has 1 aromatic rings. The number of hydrogen-bond acceptors (Lipinski definition) is 2. The quantitative estimate of drug-likeness (QED) is 0.470. The number of nitrogens with one attached hydrogen (secondary N) is 1. The summed E-state index contributed by atoms with van der Waals surface area (Å²) in [5.74, 6) is 7.19. The van der Waals surface area contributed by atoms with Gasteiger partial charge in [-0.1, -0.05) is 24.0 Å². The highest BCUT2D eigenvalue weighted by Gasteiger charge is 2.17. The maximum atomic E-state index is 9.09. The summed E-state index contributed by atoms with van der Waals surface area (Å²) >= 11 is 0. The lowest BCUT2D eigenvalue weighted by atomic mass is 9.89. The van der Waals surface area contributed by atoms with Crippen molar-refractivity contribution in [1.29, 1.82) is 0 Å². The minimum Gasteiger partial charge on any atom is -0.437 e. The molecule has 94 valence electrons. The Hall–Kier alpha value is -1.24. The molecule has 1 saturated carbocycles. The summed E-state index contributed by atoms with van der Waals surface area (Å²) < 4.78 is 0. The Morgan fingerprint density at radius 3 is 3.00 bits per heavy atom. The average Bonchev–Trinajstić information content (AvgIpc) is 3.17. The minimum atomic E-state index is -0.416. The molecule has 3 heteroatoms. The van der Waals surface area contributed by atoms with E-state index in [-0.39, 0.29) is 0 Å². The number of benzene rings is 1. The lowest BCUT2D eigenvalue weighted by Crippen LogP contribution is -2.31. The van der Waals surface area contributed by atoms with Crippen LogP contribution in [0.4, 0.5) is 0 Å². The standard InChI is InChI=1S/C15H20BNO/c1-16(18)17-11-3-6-14-4-2-5-15(12-14)10-9-13-7-8-13/h2,4-5,12-13,17-18H,3,6-8,11H2,1H3. The van der Waals surface area contributed by atoms with Gasteiger partial charge >= 0.3 is 7.05 Å². The van der Waals surface area contributed by atoms with Crippen LogP contribution in [-0.4, -0.2) is 18.6 Å². The summed E-state index contributed by atoms with van der Waals surface area (Å²) in [5, 5.41) is 12.1. The fourth-order valence-electron chi connectivity index (χ4n) is 1.82. The van der Waals surface area contributed by atoms with Crippen molar-refractivity contribution in [1.82, 2.24) is 5.23 Å². The molecule has 1 fully saturated rings. The number of rotatable bonds is 5. The van der Waals surface area contributed by atoms with Crippen molar-refractivity contribution in [3.05, 3.63) is 35.4 Å². The van der Waals surface area contributed by atoms with E-state index in [4.69, 9.17) is 5.02 Å². The van der Waals surface area contributed by atoms with Crippen LogP contribution in [0.25, 0.3) is 0 Å². The maximum absolute atomic E-state index is 9.09. The molecule has 0 radical (unpaired) electrons. The smallest absolute Gasteiger partial charge is 0.373 e. The molecule has 1 aliphatic rings. The minimum absolute atomic E-state index is 0.416. The van der Waals surface area contributed by atoms with Crippen LogP contribution in [0.2, 0.25) is 6.82 Å².